The molecule has 24 heavy (non-hydrogen) atoms. The highest BCUT2D eigenvalue weighted by atomic mass is 16.2. The Morgan fingerprint density at radius 2 is 1.96 bits per heavy atom. The molecule has 3 N–H and O–H groups in total. The number of pyridine rings is 1. The van der Waals surface area contributed by atoms with Crippen LogP contribution in [0.15, 0.2) is 47.4 Å². The lowest BCUT2D eigenvalue weighted by Gasteiger charge is -2.17. The van der Waals surface area contributed by atoms with E-state index in [1.807, 2.05) is 12.1 Å². The molecule has 6 nitrogen and oxygen atoms in total. The second kappa shape index (κ2) is 6.16. The number of benzene rings is 1. The van der Waals surface area contributed by atoms with Crippen molar-refractivity contribution in [2.45, 2.75) is 12.5 Å². The minimum absolute atomic E-state index is 0.124. The number of allylic oxidation sites excluding steroid dienone is 1. The molecule has 0 radical (unpaired) electrons. The van der Waals surface area contributed by atoms with Gasteiger partial charge in [0.2, 0.25) is 5.91 Å². The van der Waals surface area contributed by atoms with Crippen LogP contribution in [0.3, 0.4) is 0 Å². The van der Waals surface area contributed by atoms with Gasteiger partial charge in [0.25, 0.3) is 11.5 Å². The summed E-state index contributed by atoms with van der Waals surface area (Å²) in [4.78, 5) is 36.6. The summed E-state index contributed by atoms with van der Waals surface area (Å²) in [5.74, 6) is -1.09. The molecule has 0 saturated carbocycles. The number of carbonyl (C=O) groups excluding carboxylic acids is 2. The fraction of sp³-hybridized carbons (Fsp3) is 0.167. The summed E-state index contributed by atoms with van der Waals surface area (Å²) >= 11 is 0. The summed E-state index contributed by atoms with van der Waals surface area (Å²) < 4.78 is 1.38. The van der Waals surface area contributed by atoms with E-state index in [0.29, 0.717) is 28.7 Å². The Bertz CT molecular complexity index is 898. The van der Waals surface area contributed by atoms with Crippen molar-refractivity contribution < 1.29 is 9.59 Å². The average molecular weight is 323 g/mol. The fourth-order valence-corrected chi connectivity index (χ4v) is 2.85. The van der Waals surface area contributed by atoms with E-state index < -0.39 is 17.9 Å². The van der Waals surface area contributed by atoms with E-state index in [0.717, 1.165) is 0 Å². The van der Waals surface area contributed by atoms with Gasteiger partial charge in [-0.05, 0) is 17.5 Å². The number of fused-ring (bicyclic) bond motifs is 1. The first kappa shape index (κ1) is 15.7. The molecule has 0 saturated heterocycles. The number of nitrogens with zero attached hydrogens (tertiary/aromatic N) is 1. The van der Waals surface area contributed by atoms with Gasteiger partial charge in [0.05, 0.1) is 5.56 Å². The van der Waals surface area contributed by atoms with E-state index in [1.165, 1.54) is 10.8 Å². The van der Waals surface area contributed by atoms with Crippen LogP contribution in [0.1, 0.15) is 33.1 Å². The minimum Gasteiger partial charge on any atom is -0.368 e. The quantitative estimate of drug-likeness (QED) is 0.875. The molecule has 2 aromatic rings. The third-order valence-electron chi connectivity index (χ3n) is 4.06. The third-order valence-corrected chi connectivity index (χ3v) is 4.06. The number of aryl methyl sites for hydroxylation is 1. The van der Waals surface area contributed by atoms with Gasteiger partial charge in [-0.15, -0.1) is 0 Å². The van der Waals surface area contributed by atoms with E-state index in [-0.39, 0.29) is 5.56 Å². The first-order valence-electron chi connectivity index (χ1n) is 7.53. The lowest BCUT2D eigenvalue weighted by Crippen LogP contribution is -2.38. The third kappa shape index (κ3) is 2.74. The van der Waals surface area contributed by atoms with Gasteiger partial charge in [-0.2, -0.15) is 0 Å². The normalized spacial score (nSPS) is 13.4. The first-order chi connectivity index (χ1) is 11.5. The second-order valence-corrected chi connectivity index (χ2v) is 5.68. The molecule has 0 aliphatic heterocycles. The van der Waals surface area contributed by atoms with Crippen molar-refractivity contribution >= 4 is 17.9 Å². The van der Waals surface area contributed by atoms with Crippen LogP contribution in [0.25, 0.3) is 6.08 Å². The van der Waals surface area contributed by atoms with Gasteiger partial charge in [0.1, 0.15) is 6.04 Å². The van der Waals surface area contributed by atoms with Crippen LogP contribution in [-0.4, -0.2) is 16.4 Å². The Morgan fingerprint density at radius 3 is 2.62 bits per heavy atom. The molecule has 0 bridgehead atoms. The Balaban J connectivity index is 1.97. The molecule has 2 amide bonds. The maximum atomic E-state index is 12.7. The van der Waals surface area contributed by atoms with Gasteiger partial charge in [0.15, 0.2) is 0 Å². The molecular weight excluding hydrogens is 306 g/mol. The van der Waals surface area contributed by atoms with Crippen molar-refractivity contribution in [3.8, 4) is 0 Å². The number of hydrogen-bond donors (Lipinski definition) is 2. The lowest BCUT2D eigenvalue weighted by molar-refractivity contribution is -0.120. The van der Waals surface area contributed by atoms with Crippen molar-refractivity contribution in [1.82, 2.24) is 9.88 Å². The molecule has 1 atom stereocenters. The second-order valence-electron chi connectivity index (χ2n) is 5.68. The van der Waals surface area contributed by atoms with Gasteiger partial charge < -0.3 is 15.6 Å². The molecule has 6 heteroatoms. The highest BCUT2D eigenvalue weighted by Gasteiger charge is 2.24. The van der Waals surface area contributed by atoms with Crippen molar-refractivity contribution in [3.05, 3.63) is 75.2 Å². The van der Waals surface area contributed by atoms with Crippen molar-refractivity contribution in [3.63, 3.8) is 0 Å². The monoisotopic (exact) mass is 323 g/mol. The Morgan fingerprint density at radius 1 is 1.25 bits per heavy atom. The van der Waals surface area contributed by atoms with Crippen LogP contribution in [0.5, 0.6) is 0 Å². The summed E-state index contributed by atoms with van der Waals surface area (Å²) in [6.45, 7) is 0. The first-order valence-corrected chi connectivity index (χ1v) is 7.53. The number of primary amides is 1. The molecule has 1 aromatic heterocycles. The number of amides is 2. The van der Waals surface area contributed by atoms with Crippen LogP contribution in [0.2, 0.25) is 0 Å². The Hall–Kier alpha value is -3.15. The highest BCUT2D eigenvalue weighted by molar-refractivity contribution is 6.00. The van der Waals surface area contributed by atoms with Crippen LogP contribution < -0.4 is 16.6 Å². The van der Waals surface area contributed by atoms with Gasteiger partial charge in [-0.3, -0.25) is 14.4 Å². The molecule has 1 heterocycles. The number of nitrogens with one attached hydrogen (secondary N) is 1. The predicted octanol–water partition coefficient (Wildman–Crippen LogP) is 0.911. The van der Waals surface area contributed by atoms with Crippen LogP contribution in [0.4, 0.5) is 0 Å². The van der Waals surface area contributed by atoms with Gasteiger partial charge in [0, 0.05) is 18.8 Å². The molecule has 1 aliphatic rings. The van der Waals surface area contributed by atoms with Crippen LogP contribution in [-0.2, 0) is 18.3 Å². The maximum absolute atomic E-state index is 12.7. The van der Waals surface area contributed by atoms with E-state index in [1.54, 1.807) is 37.4 Å². The number of carbonyl (C=O) groups is 2. The van der Waals surface area contributed by atoms with Gasteiger partial charge in [-0.1, -0.05) is 42.5 Å². The van der Waals surface area contributed by atoms with Crippen LogP contribution >= 0.6 is 0 Å². The largest absolute Gasteiger partial charge is 0.368 e. The molecule has 122 valence electrons. The molecule has 3 rings (SSSR count). The standard InChI is InChI=1S/C18H17N3O3/c1-21-10-14(12-8-5-9-13(12)18(21)24)17(23)20-15(16(19)22)11-6-3-2-4-7-11/h2-8,10,15H,9H2,1H3,(H2,19,22)(H,20,23)/t15-/m1/s1. The van der Waals surface area contributed by atoms with E-state index >= 15 is 0 Å². The van der Waals surface area contributed by atoms with E-state index in [2.05, 4.69) is 5.32 Å². The van der Waals surface area contributed by atoms with Gasteiger partial charge in [-0.25, -0.2) is 0 Å². The lowest BCUT2D eigenvalue weighted by atomic mass is 10.0. The molecule has 1 aromatic carbocycles. The minimum atomic E-state index is -0.933. The summed E-state index contributed by atoms with van der Waals surface area (Å²) in [6, 6.07) is 7.86. The summed E-state index contributed by atoms with van der Waals surface area (Å²) in [7, 11) is 1.60. The van der Waals surface area contributed by atoms with Crippen molar-refractivity contribution in [2.75, 3.05) is 0 Å². The Kier molecular flexibility index (Phi) is 4.04. The summed E-state index contributed by atoms with van der Waals surface area (Å²) in [5.41, 5.74) is 7.46. The zero-order chi connectivity index (χ0) is 17.3. The predicted molar refractivity (Wildman–Crippen MR) is 90.3 cm³/mol. The molecule has 0 fully saturated rings. The average Bonchev–Trinajstić information content (AvgIpc) is 3.06. The Labute approximate surface area is 138 Å². The zero-order valence-electron chi connectivity index (χ0n) is 13.2. The van der Waals surface area contributed by atoms with Gasteiger partial charge >= 0.3 is 0 Å². The summed E-state index contributed by atoms with van der Waals surface area (Å²) in [6.07, 6.45) is 5.58. The van der Waals surface area contributed by atoms with E-state index in [9.17, 15) is 14.4 Å². The molecule has 0 unspecified atom stereocenters. The topological polar surface area (TPSA) is 94.2 Å². The fourth-order valence-electron chi connectivity index (χ4n) is 2.85. The smallest absolute Gasteiger partial charge is 0.254 e. The summed E-state index contributed by atoms with van der Waals surface area (Å²) in [5, 5.41) is 2.66. The van der Waals surface area contributed by atoms with Crippen molar-refractivity contribution in [1.29, 1.82) is 0 Å². The highest BCUT2D eigenvalue weighted by Crippen LogP contribution is 2.21. The van der Waals surface area contributed by atoms with E-state index in [4.69, 9.17) is 5.73 Å². The zero-order valence-corrected chi connectivity index (χ0v) is 13.2. The number of aromatic nitrogens is 1. The van der Waals surface area contributed by atoms with Crippen molar-refractivity contribution in [2.24, 2.45) is 12.8 Å². The number of rotatable bonds is 4. The molecule has 1 aliphatic carbocycles. The number of nitrogens with two attached hydrogens (primary N) is 1. The number of hydrogen-bond acceptors (Lipinski definition) is 3. The maximum Gasteiger partial charge on any atom is 0.254 e. The van der Waals surface area contributed by atoms with Crippen LogP contribution in [0, 0.1) is 0 Å². The molecule has 0 spiro atoms. The molecular formula is C18H17N3O3. The SMILES string of the molecule is Cn1cc(C(=O)N[C@@H](C(N)=O)c2ccccc2)c2c(c1=O)CC=C2.